The van der Waals surface area contributed by atoms with E-state index in [1.807, 2.05) is 44.2 Å². The van der Waals surface area contributed by atoms with E-state index in [9.17, 15) is 18.0 Å². The Bertz CT molecular complexity index is 1490. The largest absolute Gasteiger partial charge is 0.352 e. The zero-order valence-electron chi connectivity index (χ0n) is 22.8. The number of hydrogen-bond donors (Lipinski definition) is 1. The number of anilines is 1. The summed E-state index contributed by atoms with van der Waals surface area (Å²) >= 11 is 24.8. The van der Waals surface area contributed by atoms with Crippen LogP contribution in [0.2, 0.25) is 20.1 Å². The maximum Gasteiger partial charge on any atom is 0.244 e. The van der Waals surface area contributed by atoms with Crippen LogP contribution < -0.4 is 9.62 Å². The fourth-order valence-electron chi connectivity index (χ4n) is 4.08. The lowest BCUT2D eigenvalue weighted by molar-refractivity contribution is -0.140. The number of rotatable bonds is 12. The fraction of sp³-hybridized carbons (Fsp3) is 0.310. The number of nitrogens with zero attached hydrogens (tertiary/aromatic N) is 2. The van der Waals surface area contributed by atoms with Crippen molar-refractivity contribution in [2.45, 2.75) is 45.3 Å². The van der Waals surface area contributed by atoms with Crippen LogP contribution in [0.1, 0.15) is 31.4 Å². The molecule has 220 valence electrons. The topological polar surface area (TPSA) is 86.8 Å². The second-order valence-corrected chi connectivity index (χ2v) is 13.2. The van der Waals surface area contributed by atoms with E-state index in [-0.39, 0.29) is 40.6 Å². The lowest BCUT2D eigenvalue weighted by atomic mass is 10.0. The molecule has 2 atom stereocenters. The van der Waals surface area contributed by atoms with Crippen molar-refractivity contribution in [3.05, 3.63) is 97.9 Å². The molecular formula is C29H31Cl4N3O4S. The van der Waals surface area contributed by atoms with Crippen molar-refractivity contribution >= 4 is 73.9 Å². The average molecular weight is 659 g/mol. The Morgan fingerprint density at radius 3 is 2.17 bits per heavy atom. The van der Waals surface area contributed by atoms with Gasteiger partial charge in [-0.25, -0.2) is 8.42 Å². The van der Waals surface area contributed by atoms with E-state index in [0.29, 0.717) is 22.0 Å². The smallest absolute Gasteiger partial charge is 0.244 e. The molecule has 0 aliphatic rings. The Morgan fingerprint density at radius 2 is 1.59 bits per heavy atom. The van der Waals surface area contributed by atoms with Crippen molar-refractivity contribution in [3.8, 4) is 0 Å². The first kappa shape index (κ1) is 33.0. The predicted molar refractivity (Wildman–Crippen MR) is 167 cm³/mol. The number of nitrogens with one attached hydrogen (secondary N) is 1. The predicted octanol–water partition coefficient (Wildman–Crippen LogP) is 6.62. The zero-order chi connectivity index (χ0) is 30.3. The summed E-state index contributed by atoms with van der Waals surface area (Å²) < 4.78 is 26.7. The van der Waals surface area contributed by atoms with E-state index in [4.69, 9.17) is 46.4 Å². The minimum absolute atomic E-state index is 0.0702. The van der Waals surface area contributed by atoms with Gasteiger partial charge in [-0.3, -0.25) is 13.9 Å². The molecular weight excluding hydrogens is 628 g/mol. The summed E-state index contributed by atoms with van der Waals surface area (Å²) in [6.45, 7) is 3.15. The van der Waals surface area contributed by atoms with Crippen molar-refractivity contribution in [3.63, 3.8) is 0 Å². The molecule has 3 aromatic rings. The van der Waals surface area contributed by atoms with Gasteiger partial charge in [-0.2, -0.15) is 0 Å². The van der Waals surface area contributed by atoms with E-state index in [1.54, 1.807) is 18.2 Å². The van der Waals surface area contributed by atoms with Crippen LogP contribution in [0, 0.1) is 0 Å². The highest BCUT2D eigenvalue weighted by molar-refractivity contribution is 7.92. The first-order chi connectivity index (χ1) is 19.3. The van der Waals surface area contributed by atoms with Crippen LogP contribution >= 0.6 is 46.4 Å². The van der Waals surface area contributed by atoms with Crippen LogP contribution in [0.15, 0.2) is 66.7 Å². The monoisotopic (exact) mass is 657 g/mol. The summed E-state index contributed by atoms with van der Waals surface area (Å²) in [7, 11) is -3.95. The molecule has 41 heavy (non-hydrogen) atoms. The third kappa shape index (κ3) is 9.25. The van der Waals surface area contributed by atoms with Crippen LogP contribution in [-0.2, 0) is 32.6 Å². The zero-order valence-corrected chi connectivity index (χ0v) is 26.6. The Balaban J connectivity index is 2.10. The minimum atomic E-state index is -3.95. The normalized spacial score (nSPS) is 12.9. The van der Waals surface area contributed by atoms with Gasteiger partial charge >= 0.3 is 0 Å². The molecule has 0 unspecified atom stereocenters. The van der Waals surface area contributed by atoms with Crippen LogP contribution in [-0.4, -0.2) is 50.0 Å². The summed E-state index contributed by atoms with van der Waals surface area (Å²) in [5.74, 6) is -0.991. The van der Waals surface area contributed by atoms with Crippen molar-refractivity contribution in [2.75, 3.05) is 17.1 Å². The highest BCUT2D eigenvalue weighted by Crippen LogP contribution is 2.29. The minimum Gasteiger partial charge on any atom is -0.352 e. The van der Waals surface area contributed by atoms with Crippen molar-refractivity contribution < 1.29 is 18.0 Å². The van der Waals surface area contributed by atoms with Crippen LogP contribution in [0.3, 0.4) is 0 Å². The molecule has 0 radical (unpaired) electrons. The first-order valence-corrected chi connectivity index (χ1v) is 16.2. The van der Waals surface area contributed by atoms with E-state index < -0.39 is 28.5 Å². The summed E-state index contributed by atoms with van der Waals surface area (Å²) in [6.07, 6.45) is 1.85. The quantitative estimate of drug-likeness (QED) is 0.237. The molecule has 0 heterocycles. The van der Waals surface area contributed by atoms with Gasteiger partial charge in [-0.05, 0) is 54.8 Å². The molecule has 3 aromatic carbocycles. The van der Waals surface area contributed by atoms with E-state index in [1.165, 1.54) is 23.1 Å². The molecule has 7 nitrogen and oxygen atoms in total. The van der Waals surface area contributed by atoms with E-state index >= 15 is 0 Å². The SMILES string of the molecule is CC[C@H](C)NC(=O)[C@H](Cc1ccccc1)N(Cc1ccc(Cl)cc1Cl)C(=O)CN(c1ccc(Cl)c(Cl)c1)S(C)(=O)=O. The molecule has 0 spiro atoms. The number of benzene rings is 3. The van der Waals surface area contributed by atoms with Gasteiger partial charge in [-0.15, -0.1) is 0 Å². The van der Waals surface area contributed by atoms with Crippen LogP contribution in [0.5, 0.6) is 0 Å². The number of amides is 2. The molecule has 2 amide bonds. The maximum atomic E-state index is 14.1. The second kappa shape index (κ2) is 14.6. The molecule has 0 saturated heterocycles. The number of halogens is 4. The van der Waals surface area contributed by atoms with Gasteiger partial charge in [0.1, 0.15) is 12.6 Å². The number of sulfonamides is 1. The second-order valence-electron chi connectivity index (χ2n) is 9.65. The highest BCUT2D eigenvalue weighted by Gasteiger charge is 2.34. The van der Waals surface area contributed by atoms with E-state index in [2.05, 4.69) is 5.32 Å². The summed E-state index contributed by atoms with van der Waals surface area (Å²) in [4.78, 5) is 29.2. The molecule has 1 N–H and O–H groups in total. The number of hydrogen-bond acceptors (Lipinski definition) is 4. The molecule has 0 saturated carbocycles. The Labute approximate surface area is 261 Å². The van der Waals surface area contributed by atoms with Crippen LogP contribution in [0.25, 0.3) is 0 Å². The lowest BCUT2D eigenvalue weighted by Crippen LogP contribution is -2.54. The van der Waals surface area contributed by atoms with Crippen molar-refractivity contribution in [1.82, 2.24) is 10.2 Å². The lowest BCUT2D eigenvalue weighted by Gasteiger charge is -2.34. The van der Waals surface area contributed by atoms with Gasteiger partial charge in [0, 0.05) is 29.1 Å². The number of carbonyl (C=O) groups is 2. The van der Waals surface area contributed by atoms with Crippen molar-refractivity contribution in [2.24, 2.45) is 0 Å². The summed E-state index contributed by atoms with van der Waals surface area (Å²) in [5, 5.41) is 4.06. The average Bonchev–Trinajstić information content (AvgIpc) is 2.91. The van der Waals surface area contributed by atoms with E-state index in [0.717, 1.165) is 16.1 Å². The fourth-order valence-corrected chi connectivity index (χ4v) is 5.68. The Hall–Kier alpha value is -2.49. The molecule has 0 fully saturated rings. The molecule has 3 rings (SSSR count). The Kier molecular flexibility index (Phi) is 11.8. The summed E-state index contributed by atoms with van der Waals surface area (Å²) in [5.41, 5.74) is 1.52. The van der Waals surface area contributed by atoms with Gasteiger partial charge in [0.25, 0.3) is 0 Å². The third-order valence-electron chi connectivity index (χ3n) is 6.50. The molecule has 0 aliphatic heterocycles. The Morgan fingerprint density at radius 1 is 0.902 bits per heavy atom. The van der Waals surface area contributed by atoms with Gasteiger partial charge in [-0.1, -0.05) is 89.7 Å². The van der Waals surface area contributed by atoms with Gasteiger partial charge < -0.3 is 10.2 Å². The van der Waals surface area contributed by atoms with Crippen molar-refractivity contribution in [1.29, 1.82) is 0 Å². The third-order valence-corrected chi connectivity index (χ3v) is 8.96. The molecule has 0 aliphatic carbocycles. The molecule has 12 heteroatoms. The van der Waals surface area contributed by atoms with Crippen LogP contribution in [0.4, 0.5) is 5.69 Å². The molecule has 0 aromatic heterocycles. The highest BCUT2D eigenvalue weighted by atomic mass is 35.5. The van der Waals surface area contributed by atoms with Gasteiger partial charge in [0.15, 0.2) is 0 Å². The first-order valence-electron chi connectivity index (χ1n) is 12.8. The standard InChI is InChI=1S/C29H31Cl4N3O4S/c1-4-19(2)34-29(38)27(14-20-8-6-5-7-9-20)35(17-21-10-11-22(30)15-25(21)32)28(37)18-36(41(3,39)40)23-12-13-24(31)26(33)16-23/h5-13,15-16,19,27H,4,14,17-18H2,1-3H3,(H,34,38)/t19-,27-/m0/s1. The number of carbonyl (C=O) groups excluding carboxylic acids is 2. The summed E-state index contributed by atoms with van der Waals surface area (Å²) in [6, 6.07) is 17.3. The van der Waals surface area contributed by atoms with Gasteiger partial charge in [0.05, 0.1) is 22.0 Å². The molecule has 0 bridgehead atoms. The maximum absolute atomic E-state index is 14.1. The van der Waals surface area contributed by atoms with Gasteiger partial charge in [0.2, 0.25) is 21.8 Å².